The lowest BCUT2D eigenvalue weighted by molar-refractivity contribution is -0.251. The first-order chi connectivity index (χ1) is 31.8. The standard InChI is InChI=1S/C53H61N3O8S/c1-4-30-56(65(59,60)48-22-14-19-39-20-15-29-54-52(39)48)49-36-46(55-62-6-3)44-34-40(18-10-12-31-57)43(21-11-13-32-58)50-45-35-42(27-28-47(45)64-53(49,51(44)50)61-33-5-2)63-41-25-23-38(24-26-41)37-16-8-7-9-17-37/h5,7-9,14-17,19-20,22-29,34-35,40,43,49-51,57-58H,2,4,6,10-13,18,21,30-33,36H2,1,3H3/t40-,43+,49-,50+,51+,53+/m0/s1. The minimum absolute atomic E-state index is 0.00866. The monoisotopic (exact) mass is 899 g/mol. The summed E-state index contributed by atoms with van der Waals surface area (Å²) >= 11 is 0. The van der Waals surface area contributed by atoms with E-state index in [4.69, 9.17) is 24.2 Å². The molecule has 5 aromatic rings. The molecule has 0 spiro atoms. The van der Waals surface area contributed by atoms with E-state index in [1.54, 1.807) is 34.8 Å². The van der Waals surface area contributed by atoms with Gasteiger partial charge in [0.2, 0.25) is 15.8 Å². The van der Waals surface area contributed by atoms with Crippen molar-refractivity contribution in [3.63, 3.8) is 0 Å². The van der Waals surface area contributed by atoms with E-state index in [1.807, 2.05) is 68.4 Å². The van der Waals surface area contributed by atoms with Crippen LogP contribution in [-0.4, -0.2) is 78.4 Å². The molecule has 11 nitrogen and oxygen atoms in total. The minimum atomic E-state index is -4.27. The molecule has 2 N–H and O–H groups in total. The van der Waals surface area contributed by atoms with Crippen molar-refractivity contribution in [2.75, 3.05) is 33.0 Å². The van der Waals surface area contributed by atoms with Crippen LogP contribution in [0.25, 0.3) is 22.0 Å². The van der Waals surface area contributed by atoms with Crippen molar-refractivity contribution < 1.29 is 37.7 Å². The summed E-state index contributed by atoms with van der Waals surface area (Å²) in [5.41, 5.74) is 5.07. The number of sulfonamides is 1. The van der Waals surface area contributed by atoms with Crippen LogP contribution in [0.1, 0.15) is 76.7 Å². The van der Waals surface area contributed by atoms with E-state index in [2.05, 4.69) is 48.0 Å². The molecular weight excluding hydrogens is 839 g/mol. The van der Waals surface area contributed by atoms with E-state index in [-0.39, 0.29) is 55.4 Å². The molecule has 0 saturated heterocycles. The summed E-state index contributed by atoms with van der Waals surface area (Å²) in [6, 6.07) is 32.1. The van der Waals surface area contributed by atoms with Gasteiger partial charge in [-0.05, 0) is 110 Å². The number of nitrogens with zero attached hydrogens (tertiary/aromatic N) is 3. The number of oxime groups is 1. The van der Waals surface area contributed by atoms with E-state index in [0.29, 0.717) is 59.7 Å². The van der Waals surface area contributed by atoms with E-state index in [9.17, 15) is 10.2 Å². The predicted molar refractivity (Wildman–Crippen MR) is 254 cm³/mol. The van der Waals surface area contributed by atoms with Crippen molar-refractivity contribution in [2.24, 2.45) is 22.9 Å². The lowest BCUT2D eigenvalue weighted by Gasteiger charge is -2.59. The summed E-state index contributed by atoms with van der Waals surface area (Å²) in [5.74, 6) is -0.417. The fraction of sp³-hybridized carbons (Fsp3) is 0.396. The van der Waals surface area contributed by atoms with Crippen LogP contribution in [0.2, 0.25) is 0 Å². The van der Waals surface area contributed by atoms with Crippen LogP contribution in [0.4, 0.5) is 0 Å². The number of pyridine rings is 1. The van der Waals surface area contributed by atoms with Gasteiger partial charge in [0.15, 0.2) is 0 Å². The second-order valence-electron chi connectivity index (χ2n) is 17.1. The molecule has 6 atom stereocenters. The third kappa shape index (κ3) is 9.37. The van der Waals surface area contributed by atoms with Gasteiger partial charge in [-0.2, -0.15) is 4.31 Å². The fourth-order valence-electron chi connectivity index (χ4n) is 10.4. The van der Waals surface area contributed by atoms with Gasteiger partial charge in [0.05, 0.1) is 29.8 Å². The van der Waals surface area contributed by atoms with E-state index < -0.39 is 27.8 Å². The Kier molecular flexibility index (Phi) is 14.8. The van der Waals surface area contributed by atoms with Gasteiger partial charge in [0.1, 0.15) is 28.8 Å². The van der Waals surface area contributed by atoms with Crippen molar-refractivity contribution in [2.45, 2.75) is 87.9 Å². The first-order valence-corrected chi connectivity index (χ1v) is 24.6. The van der Waals surface area contributed by atoms with Crippen LogP contribution < -0.4 is 9.47 Å². The summed E-state index contributed by atoms with van der Waals surface area (Å²) in [5, 5.41) is 25.5. The Labute approximate surface area is 383 Å². The molecule has 1 aromatic heterocycles. The van der Waals surface area contributed by atoms with Gasteiger partial charge in [-0.1, -0.05) is 97.7 Å². The van der Waals surface area contributed by atoms with Crippen LogP contribution in [0.3, 0.4) is 0 Å². The average Bonchev–Trinajstić information content (AvgIpc) is 3.33. The maximum atomic E-state index is 15.5. The number of ether oxygens (including phenoxy) is 3. The highest BCUT2D eigenvalue weighted by molar-refractivity contribution is 7.89. The van der Waals surface area contributed by atoms with Gasteiger partial charge in [-0.15, -0.1) is 6.58 Å². The topological polar surface area (TPSA) is 140 Å². The highest BCUT2D eigenvalue weighted by atomic mass is 32.2. The molecule has 1 fully saturated rings. The molecule has 12 heteroatoms. The Balaban J connectivity index is 1.32. The lowest BCUT2D eigenvalue weighted by Crippen LogP contribution is -2.70. The Morgan fingerprint density at radius 3 is 2.37 bits per heavy atom. The number of benzene rings is 4. The third-order valence-corrected chi connectivity index (χ3v) is 15.1. The van der Waals surface area contributed by atoms with E-state index in [1.165, 1.54) is 0 Å². The van der Waals surface area contributed by atoms with Crippen molar-refractivity contribution in [3.05, 3.63) is 139 Å². The van der Waals surface area contributed by atoms with Gasteiger partial charge in [-0.25, -0.2) is 8.42 Å². The molecule has 8 rings (SSSR count). The van der Waals surface area contributed by atoms with Crippen LogP contribution >= 0.6 is 0 Å². The number of aromatic nitrogens is 1. The maximum Gasteiger partial charge on any atom is 0.245 e. The predicted octanol–water partition coefficient (Wildman–Crippen LogP) is 10.4. The first-order valence-electron chi connectivity index (χ1n) is 23.2. The normalized spacial score (nSPS) is 23.1. The third-order valence-electron chi connectivity index (χ3n) is 13.1. The average molecular weight is 900 g/mol. The lowest BCUT2D eigenvalue weighted by atomic mass is 9.55. The summed E-state index contributed by atoms with van der Waals surface area (Å²) in [6.07, 6.45) is 10.7. The first kappa shape index (κ1) is 46.2. The number of allylic oxidation sites excluding steroid dienone is 1. The molecule has 2 heterocycles. The summed E-state index contributed by atoms with van der Waals surface area (Å²) in [7, 11) is -4.27. The Morgan fingerprint density at radius 1 is 0.892 bits per heavy atom. The molecule has 2 aliphatic carbocycles. The van der Waals surface area contributed by atoms with Gasteiger partial charge in [0, 0.05) is 49.2 Å². The second-order valence-corrected chi connectivity index (χ2v) is 19.0. The van der Waals surface area contributed by atoms with Crippen molar-refractivity contribution in [1.82, 2.24) is 9.29 Å². The summed E-state index contributed by atoms with van der Waals surface area (Å²) in [4.78, 5) is 10.6. The number of fused-ring (bicyclic) bond motifs is 3. The van der Waals surface area contributed by atoms with Crippen LogP contribution in [0.5, 0.6) is 17.2 Å². The van der Waals surface area contributed by atoms with Gasteiger partial charge < -0.3 is 29.3 Å². The summed E-state index contributed by atoms with van der Waals surface area (Å²) in [6.45, 7) is 8.64. The van der Waals surface area contributed by atoms with Crippen LogP contribution in [0.15, 0.2) is 144 Å². The molecule has 3 aliphatic rings. The van der Waals surface area contributed by atoms with Crippen LogP contribution in [0, 0.1) is 17.8 Å². The highest BCUT2D eigenvalue weighted by Crippen LogP contribution is 2.62. The SMILES string of the molecule is C=CCO[C@@]12Oc3ccc(Oc4ccc(-c5ccccc5)cc4)cc3[C@H]3[C@H](CCCCO)[C@@H](CCCCO)C=C(C(=NOCC)C[C@@H]1N(CCC)S(=O)(=O)c1cccc4cccnc14)[C@H]32. The smallest absolute Gasteiger partial charge is 0.245 e. The van der Waals surface area contributed by atoms with Gasteiger partial charge >= 0.3 is 0 Å². The molecule has 1 saturated carbocycles. The Morgan fingerprint density at radius 2 is 1.63 bits per heavy atom. The number of para-hydroxylation sites is 1. The highest BCUT2D eigenvalue weighted by Gasteiger charge is 2.66. The van der Waals surface area contributed by atoms with E-state index >= 15 is 8.42 Å². The number of hydrogen-bond acceptors (Lipinski definition) is 10. The van der Waals surface area contributed by atoms with E-state index in [0.717, 1.165) is 47.9 Å². The number of unbranched alkanes of at least 4 members (excludes halogenated alkanes) is 2. The maximum absolute atomic E-state index is 15.5. The zero-order valence-corrected chi connectivity index (χ0v) is 38.2. The molecule has 0 unspecified atom stereocenters. The minimum Gasteiger partial charge on any atom is -0.460 e. The van der Waals surface area contributed by atoms with Gasteiger partial charge in [-0.3, -0.25) is 4.98 Å². The van der Waals surface area contributed by atoms with Gasteiger partial charge in [0.25, 0.3) is 0 Å². The molecule has 0 radical (unpaired) electrons. The summed E-state index contributed by atoms with van der Waals surface area (Å²) < 4.78 is 53.7. The zero-order valence-electron chi connectivity index (χ0n) is 37.4. The fourth-order valence-corrected chi connectivity index (χ4v) is 12.3. The second kappa shape index (κ2) is 20.9. The van der Waals surface area contributed by atoms with Crippen molar-refractivity contribution in [3.8, 4) is 28.4 Å². The Bertz CT molecular complexity index is 2580. The molecule has 0 bridgehead atoms. The molecular formula is C53H61N3O8S. The quantitative estimate of drug-likeness (QED) is 0.0418. The number of rotatable bonds is 21. The Hall–Kier alpha value is -5.37. The molecule has 4 aromatic carbocycles. The zero-order chi connectivity index (χ0) is 45.4. The van der Waals surface area contributed by atoms with Crippen LogP contribution in [-0.2, 0) is 19.6 Å². The van der Waals surface area contributed by atoms with Crippen molar-refractivity contribution >= 4 is 26.6 Å². The van der Waals surface area contributed by atoms with Crippen molar-refractivity contribution in [1.29, 1.82) is 0 Å². The molecule has 65 heavy (non-hydrogen) atoms. The number of aliphatic hydroxyl groups is 2. The number of hydrogen-bond donors (Lipinski definition) is 2. The molecule has 342 valence electrons. The molecule has 0 amide bonds. The number of aliphatic hydroxyl groups excluding tert-OH is 2. The largest absolute Gasteiger partial charge is 0.460 e. The molecule has 1 aliphatic heterocycles.